The van der Waals surface area contributed by atoms with Crippen LogP contribution in [0.15, 0.2) is 54.7 Å². The molecule has 1 aliphatic rings. The molecule has 0 saturated carbocycles. The number of hydrogen-bond acceptors (Lipinski definition) is 6. The number of halogens is 1. The van der Waals surface area contributed by atoms with Gasteiger partial charge < -0.3 is 5.32 Å². The van der Waals surface area contributed by atoms with E-state index in [4.69, 9.17) is 11.6 Å². The minimum absolute atomic E-state index is 0.0150. The Bertz CT molecular complexity index is 1140. The van der Waals surface area contributed by atoms with Crippen LogP contribution in [0.3, 0.4) is 0 Å². The number of rotatable bonds is 5. The van der Waals surface area contributed by atoms with Crippen molar-refractivity contribution in [2.24, 2.45) is 0 Å². The summed E-state index contributed by atoms with van der Waals surface area (Å²) in [4.78, 5) is 6.87. The number of fused-ring (bicyclic) bond motifs is 1. The quantitative estimate of drug-likeness (QED) is 0.487. The summed E-state index contributed by atoms with van der Waals surface area (Å²) in [7, 11) is 0. The Hall–Kier alpha value is -3.03. The second-order valence-corrected chi connectivity index (χ2v) is 7.98. The Morgan fingerprint density at radius 1 is 1.03 bits per heavy atom. The van der Waals surface area contributed by atoms with Crippen molar-refractivity contribution in [3.8, 4) is 0 Å². The molecule has 1 unspecified atom stereocenters. The van der Waals surface area contributed by atoms with E-state index in [0.717, 1.165) is 40.9 Å². The number of nitrogens with zero attached hydrogens (tertiary/aromatic N) is 5. The molecule has 8 heteroatoms. The number of nitrogens with one attached hydrogen (secondary N) is 2. The van der Waals surface area contributed by atoms with E-state index in [1.54, 1.807) is 6.20 Å². The van der Waals surface area contributed by atoms with Gasteiger partial charge in [-0.25, -0.2) is 0 Å². The number of aromatic amines is 1. The number of tetrazole rings is 1. The Kier molecular flexibility index (Phi) is 5.29. The Labute approximate surface area is 179 Å². The van der Waals surface area contributed by atoms with Crippen LogP contribution in [-0.4, -0.2) is 43.6 Å². The van der Waals surface area contributed by atoms with E-state index < -0.39 is 0 Å². The van der Waals surface area contributed by atoms with Crippen molar-refractivity contribution in [2.75, 3.05) is 18.4 Å². The molecule has 1 aliphatic heterocycles. The first kappa shape index (κ1) is 19.0. The molecular weight excluding hydrogens is 398 g/mol. The monoisotopic (exact) mass is 419 g/mol. The number of hydrogen-bond donors (Lipinski definition) is 2. The van der Waals surface area contributed by atoms with Crippen LogP contribution in [0.5, 0.6) is 0 Å². The van der Waals surface area contributed by atoms with Gasteiger partial charge in [0.05, 0.1) is 11.6 Å². The highest BCUT2D eigenvalue weighted by Gasteiger charge is 2.27. The molecule has 30 heavy (non-hydrogen) atoms. The summed E-state index contributed by atoms with van der Waals surface area (Å²) in [6.45, 7) is 2.07. The van der Waals surface area contributed by atoms with Gasteiger partial charge in [-0.05, 0) is 67.9 Å². The number of anilines is 2. The lowest BCUT2D eigenvalue weighted by Gasteiger charge is -2.33. The first-order chi connectivity index (χ1) is 14.8. The molecule has 2 aromatic carbocycles. The van der Waals surface area contributed by atoms with E-state index >= 15 is 0 Å². The molecule has 1 fully saturated rings. The van der Waals surface area contributed by atoms with Crippen molar-refractivity contribution in [1.82, 2.24) is 30.5 Å². The molecule has 0 radical (unpaired) electrons. The van der Waals surface area contributed by atoms with Gasteiger partial charge in [-0.3, -0.25) is 9.88 Å². The third kappa shape index (κ3) is 3.86. The largest absolute Gasteiger partial charge is 0.355 e. The average Bonchev–Trinajstić information content (AvgIpc) is 3.29. The van der Waals surface area contributed by atoms with Crippen LogP contribution < -0.4 is 5.32 Å². The standard InChI is InChI=1S/C22H22ClN7/c23-16-7-8-18-19(9-10-24-20(18)14-16)25-17-6-4-5-15(13-17)21(22-26-28-29-27-22)30-11-2-1-3-12-30/h4-10,13-14,21H,1-3,11-12H2,(H,24,25)(H,26,27,28,29). The third-order valence-corrected chi connectivity index (χ3v) is 5.78. The summed E-state index contributed by atoms with van der Waals surface area (Å²) in [5.74, 6) is 0.707. The topological polar surface area (TPSA) is 82.6 Å². The average molecular weight is 420 g/mol. The summed E-state index contributed by atoms with van der Waals surface area (Å²) < 4.78 is 0. The molecule has 0 aliphatic carbocycles. The zero-order valence-electron chi connectivity index (χ0n) is 16.4. The predicted molar refractivity (Wildman–Crippen MR) is 118 cm³/mol. The maximum Gasteiger partial charge on any atom is 0.196 e. The SMILES string of the molecule is Clc1ccc2c(Nc3cccc(C(c4nn[nH]n4)N4CCCCC4)c3)ccnc2c1. The number of pyridine rings is 1. The van der Waals surface area contributed by atoms with Crippen molar-refractivity contribution < 1.29 is 0 Å². The summed E-state index contributed by atoms with van der Waals surface area (Å²) in [5, 5.41) is 20.3. The highest BCUT2D eigenvalue weighted by Crippen LogP contribution is 2.32. The minimum Gasteiger partial charge on any atom is -0.355 e. The molecule has 2 aromatic heterocycles. The van der Waals surface area contributed by atoms with Gasteiger partial charge in [0, 0.05) is 28.0 Å². The zero-order chi connectivity index (χ0) is 20.3. The molecule has 2 N–H and O–H groups in total. The first-order valence-electron chi connectivity index (χ1n) is 10.2. The zero-order valence-corrected chi connectivity index (χ0v) is 17.2. The van der Waals surface area contributed by atoms with Gasteiger partial charge in [0.1, 0.15) is 0 Å². The van der Waals surface area contributed by atoms with Gasteiger partial charge >= 0.3 is 0 Å². The van der Waals surface area contributed by atoms with Crippen molar-refractivity contribution in [3.63, 3.8) is 0 Å². The lowest BCUT2D eigenvalue weighted by molar-refractivity contribution is 0.181. The smallest absolute Gasteiger partial charge is 0.196 e. The fourth-order valence-electron chi connectivity index (χ4n) is 4.16. The summed E-state index contributed by atoms with van der Waals surface area (Å²) in [6.07, 6.45) is 5.45. The lowest BCUT2D eigenvalue weighted by Crippen LogP contribution is -2.35. The molecule has 3 heterocycles. The molecule has 152 valence electrons. The van der Waals surface area contributed by atoms with Crippen LogP contribution in [0.2, 0.25) is 5.02 Å². The Balaban J connectivity index is 1.49. The second kappa shape index (κ2) is 8.38. The van der Waals surface area contributed by atoms with Crippen LogP contribution >= 0.6 is 11.6 Å². The first-order valence-corrected chi connectivity index (χ1v) is 10.5. The minimum atomic E-state index is -0.0150. The van der Waals surface area contributed by atoms with Crippen molar-refractivity contribution in [2.45, 2.75) is 25.3 Å². The van der Waals surface area contributed by atoms with Gasteiger partial charge in [0.15, 0.2) is 5.82 Å². The number of piperidine rings is 1. The number of aromatic nitrogens is 5. The summed E-state index contributed by atoms with van der Waals surface area (Å²) in [5.41, 5.74) is 4.00. The van der Waals surface area contributed by atoms with Gasteiger partial charge in [0.25, 0.3) is 0 Å². The van der Waals surface area contributed by atoms with E-state index in [1.807, 2.05) is 24.3 Å². The molecule has 0 bridgehead atoms. The Morgan fingerprint density at radius 3 is 2.77 bits per heavy atom. The van der Waals surface area contributed by atoms with Crippen LogP contribution in [-0.2, 0) is 0 Å². The lowest BCUT2D eigenvalue weighted by atomic mass is 10.0. The van der Waals surface area contributed by atoms with E-state index in [0.29, 0.717) is 10.8 Å². The van der Waals surface area contributed by atoms with Gasteiger partial charge in [-0.1, -0.05) is 35.4 Å². The molecule has 5 rings (SSSR count). The molecule has 4 aromatic rings. The van der Waals surface area contributed by atoms with Crippen molar-refractivity contribution in [3.05, 3.63) is 71.1 Å². The van der Waals surface area contributed by atoms with E-state index in [-0.39, 0.29) is 6.04 Å². The third-order valence-electron chi connectivity index (χ3n) is 5.55. The van der Waals surface area contributed by atoms with Gasteiger partial charge in [-0.15, -0.1) is 10.2 Å². The normalized spacial score (nSPS) is 15.9. The fourth-order valence-corrected chi connectivity index (χ4v) is 4.32. The number of benzene rings is 2. The maximum absolute atomic E-state index is 6.12. The van der Waals surface area contributed by atoms with Gasteiger partial charge in [-0.2, -0.15) is 5.21 Å². The fraction of sp³-hybridized carbons (Fsp3) is 0.273. The van der Waals surface area contributed by atoms with Crippen molar-refractivity contribution in [1.29, 1.82) is 0 Å². The second-order valence-electron chi connectivity index (χ2n) is 7.54. The molecular formula is C22H22ClN7. The van der Waals surface area contributed by atoms with Crippen LogP contribution in [0.4, 0.5) is 11.4 Å². The van der Waals surface area contributed by atoms with E-state index in [9.17, 15) is 0 Å². The highest BCUT2D eigenvalue weighted by molar-refractivity contribution is 6.31. The van der Waals surface area contributed by atoms with Crippen LogP contribution in [0, 0.1) is 0 Å². The summed E-state index contributed by atoms with van der Waals surface area (Å²) >= 11 is 6.12. The number of H-pyrrole nitrogens is 1. The van der Waals surface area contributed by atoms with Gasteiger partial charge in [0.2, 0.25) is 0 Å². The highest BCUT2D eigenvalue weighted by atomic mass is 35.5. The Morgan fingerprint density at radius 2 is 1.93 bits per heavy atom. The van der Waals surface area contributed by atoms with Crippen LogP contribution in [0.25, 0.3) is 10.9 Å². The molecule has 0 spiro atoms. The maximum atomic E-state index is 6.12. The van der Waals surface area contributed by atoms with Crippen molar-refractivity contribution >= 4 is 33.9 Å². The number of likely N-dealkylation sites (tertiary alicyclic amines) is 1. The van der Waals surface area contributed by atoms with E-state index in [2.05, 4.69) is 60.1 Å². The molecule has 1 saturated heterocycles. The molecule has 7 nitrogen and oxygen atoms in total. The summed E-state index contributed by atoms with van der Waals surface area (Å²) in [6, 6.07) is 16.1. The molecule has 0 amide bonds. The molecule has 1 atom stereocenters. The van der Waals surface area contributed by atoms with E-state index in [1.165, 1.54) is 19.3 Å². The van der Waals surface area contributed by atoms with Crippen LogP contribution in [0.1, 0.15) is 36.7 Å². The predicted octanol–water partition coefficient (Wildman–Crippen LogP) is 4.72.